The first-order valence-electron chi connectivity index (χ1n) is 6.11. The van der Waals surface area contributed by atoms with Gasteiger partial charge in [0.05, 0.1) is 4.92 Å². The van der Waals surface area contributed by atoms with Crippen LogP contribution in [0.4, 0.5) is 10.1 Å². The molecule has 1 aromatic carbocycles. The van der Waals surface area contributed by atoms with E-state index in [2.05, 4.69) is 10.3 Å². The maximum Gasteiger partial charge on any atom is 0.274 e. The lowest BCUT2D eigenvalue weighted by molar-refractivity contribution is -0.385. The standard InChI is InChI=1S/C14H14FN3O2/c1-10-4-5-16-8-12(10)9-17-7-11-6-13(15)2-3-14(11)18(19)20/h2-6,8,17H,7,9H2,1H3. The van der Waals surface area contributed by atoms with Crippen LogP contribution >= 0.6 is 0 Å². The van der Waals surface area contributed by atoms with Gasteiger partial charge in [0, 0.05) is 37.1 Å². The number of rotatable bonds is 5. The monoisotopic (exact) mass is 275 g/mol. The minimum Gasteiger partial charge on any atom is -0.308 e. The predicted octanol–water partition coefficient (Wildman–Crippen LogP) is 2.73. The lowest BCUT2D eigenvalue weighted by Gasteiger charge is -2.07. The van der Waals surface area contributed by atoms with Crippen molar-refractivity contribution in [2.45, 2.75) is 20.0 Å². The SMILES string of the molecule is Cc1ccncc1CNCc1cc(F)ccc1[N+](=O)[O-]. The number of nitro groups is 1. The molecule has 2 rings (SSSR count). The van der Waals surface area contributed by atoms with E-state index in [-0.39, 0.29) is 12.2 Å². The third kappa shape index (κ3) is 3.36. The van der Waals surface area contributed by atoms with E-state index in [0.29, 0.717) is 12.1 Å². The summed E-state index contributed by atoms with van der Waals surface area (Å²) >= 11 is 0. The van der Waals surface area contributed by atoms with Crippen LogP contribution in [0, 0.1) is 22.9 Å². The minimum atomic E-state index is -0.508. The van der Waals surface area contributed by atoms with Crippen molar-refractivity contribution in [1.82, 2.24) is 10.3 Å². The average molecular weight is 275 g/mol. The smallest absolute Gasteiger partial charge is 0.274 e. The fourth-order valence-corrected chi connectivity index (χ4v) is 1.89. The van der Waals surface area contributed by atoms with Crippen LogP contribution in [0.2, 0.25) is 0 Å². The van der Waals surface area contributed by atoms with Gasteiger partial charge in [0.1, 0.15) is 5.82 Å². The van der Waals surface area contributed by atoms with Gasteiger partial charge >= 0.3 is 0 Å². The summed E-state index contributed by atoms with van der Waals surface area (Å²) in [7, 11) is 0. The third-order valence-electron chi connectivity index (χ3n) is 3.02. The van der Waals surface area contributed by atoms with E-state index in [9.17, 15) is 14.5 Å². The Morgan fingerprint density at radius 2 is 2.05 bits per heavy atom. The summed E-state index contributed by atoms with van der Waals surface area (Å²) < 4.78 is 13.2. The van der Waals surface area contributed by atoms with E-state index < -0.39 is 10.7 Å². The van der Waals surface area contributed by atoms with Crippen molar-refractivity contribution in [2.24, 2.45) is 0 Å². The van der Waals surface area contributed by atoms with Gasteiger partial charge in [-0.2, -0.15) is 0 Å². The molecule has 1 heterocycles. The Labute approximate surface area is 115 Å². The summed E-state index contributed by atoms with van der Waals surface area (Å²) in [6.07, 6.45) is 3.44. The molecule has 0 atom stereocenters. The molecule has 104 valence electrons. The van der Waals surface area contributed by atoms with Crippen LogP contribution in [0.3, 0.4) is 0 Å². The molecule has 0 bridgehead atoms. The molecule has 1 N–H and O–H groups in total. The zero-order chi connectivity index (χ0) is 14.5. The number of nitrogens with zero attached hydrogens (tertiary/aromatic N) is 2. The predicted molar refractivity (Wildman–Crippen MR) is 72.6 cm³/mol. The van der Waals surface area contributed by atoms with Crippen LogP contribution in [0.25, 0.3) is 0 Å². The molecule has 0 fully saturated rings. The molecular weight excluding hydrogens is 261 g/mol. The quantitative estimate of drug-likeness (QED) is 0.673. The topological polar surface area (TPSA) is 68.1 Å². The third-order valence-corrected chi connectivity index (χ3v) is 3.02. The zero-order valence-corrected chi connectivity index (χ0v) is 11.0. The number of halogens is 1. The van der Waals surface area contributed by atoms with Gasteiger partial charge in [-0.1, -0.05) is 0 Å². The maximum absolute atomic E-state index is 13.2. The molecule has 0 saturated heterocycles. The number of nitro benzene ring substituents is 1. The van der Waals surface area contributed by atoms with Gasteiger partial charge < -0.3 is 5.32 Å². The van der Waals surface area contributed by atoms with Crippen molar-refractivity contribution in [3.8, 4) is 0 Å². The summed E-state index contributed by atoms with van der Waals surface area (Å²) in [6, 6.07) is 5.34. The summed E-state index contributed by atoms with van der Waals surface area (Å²) in [6.45, 7) is 2.71. The van der Waals surface area contributed by atoms with Crippen LogP contribution < -0.4 is 5.32 Å². The molecule has 0 aliphatic heterocycles. The van der Waals surface area contributed by atoms with Gasteiger partial charge in [-0.05, 0) is 36.2 Å². The molecule has 0 aliphatic carbocycles. The zero-order valence-electron chi connectivity index (χ0n) is 11.0. The van der Waals surface area contributed by atoms with E-state index in [1.54, 1.807) is 12.4 Å². The van der Waals surface area contributed by atoms with E-state index >= 15 is 0 Å². The van der Waals surface area contributed by atoms with Crippen LogP contribution in [0.15, 0.2) is 36.7 Å². The van der Waals surface area contributed by atoms with E-state index in [0.717, 1.165) is 17.2 Å². The second-order valence-electron chi connectivity index (χ2n) is 4.44. The highest BCUT2D eigenvalue weighted by molar-refractivity contribution is 5.40. The van der Waals surface area contributed by atoms with Gasteiger partial charge in [0.25, 0.3) is 5.69 Å². The summed E-state index contributed by atoms with van der Waals surface area (Å²) in [5, 5.41) is 13.9. The van der Waals surface area contributed by atoms with Crippen molar-refractivity contribution < 1.29 is 9.31 Å². The molecule has 1 aromatic heterocycles. The van der Waals surface area contributed by atoms with Crippen molar-refractivity contribution >= 4 is 5.69 Å². The Morgan fingerprint density at radius 1 is 1.30 bits per heavy atom. The number of aromatic nitrogens is 1. The van der Waals surface area contributed by atoms with Crippen molar-refractivity contribution in [1.29, 1.82) is 0 Å². The van der Waals surface area contributed by atoms with Gasteiger partial charge in [-0.3, -0.25) is 15.1 Å². The number of benzene rings is 1. The van der Waals surface area contributed by atoms with Crippen molar-refractivity contribution in [2.75, 3.05) is 0 Å². The second-order valence-corrected chi connectivity index (χ2v) is 4.44. The van der Waals surface area contributed by atoms with Crippen molar-refractivity contribution in [3.05, 3.63) is 69.3 Å². The molecular formula is C14H14FN3O2. The van der Waals surface area contributed by atoms with Gasteiger partial charge in [-0.15, -0.1) is 0 Å². The van der Waals surface area contributed by atoms with Crippen LogP contribution in [0.1, 0.15) is 16.7 Å². The van der Waals surface area contributed by atoms with E-state index in [4.69, 9.17) is 0 Å². The van der Waals surface area contributed by atoms with E-state index in [1.807, 2.05) is 13.0 Å². The lowest BCUT2D eigenvalue weighted by Crippen LogP contribution is -2.15. The lowest BCUT2D eigenvalue weighted by atomic mass is 10.1. The summed E-state index contributed by atoms with van der Waals surface area (Å²) in [5.41, 5.74) is 2.34. The second kappa shape index (κ2) is 6.21. The highest BCUT2D eigenvalue weighted by Crippen LogP contribution is 2.19. The maximum atomic E-state index is 13.2. The molecule has 0 saturated carbocycles. The van der Waals surface area contributed by atoms with Crippen LogP contribution in [-0.4, -0.2) is 9.91 Å². The molecule has 5 nitrogen and oxygen atoms in total. The number of hydrogen-bond donors (Lipinski definition) is 1. The van der Waals surface area contributed by atoms with E-state index in [1.165, 1.54) is 12.1 Å². The Morgan fingerprint density at radius 3 is 2.75 bits per heavy atom. The molecule has 6 heteroatoms. The van der Waals surface area contributed by atoms with Crippen molar-refractivity contribution in [3.63, 3.8) is 0 Å². The fraction of sp³-hybridized carbons (Fsp3) is 0.214. The fourth-order valence-electron chi connectivity index (χ4n) is 1.89. The average Bonchev–Trinajstić information content (AvgIpc) is 2.41. The normalized spacial score (nSPS) is 10.5. The highest BCUT2D eigenvalue weighted by Gasteiger charge is 2.13. The first kappa shape index (κ1) is 14.1. The Balaban J connectivity index is 2.06. The van der Waals surface area contributed by atoms with Crippen LogP contribution in [-0.2, 0) is 13.1 Å². The first-order chi connectivity index (χ1) is 9.58. The largest absolute Gasteiger partial charge is 0.308 e. The molecule has 2 aromatic rings. The molecule has 0 unspecified atom stereocenters. The molecule has 0 amide bonds. The van der Waals surface area contributed by atoms with Crippen LogP contribution in [0.5, 0.6) is 0 Å². The molecule has 0 radical (unpaired) electrons. The summed E-state index contributed by atoms with van der Waals surface area (Å²) in [5.74, 6) is -0.482. The first-order valence-corrected chi connectivity index (χ1v) is 6.11. The number of pyridine rings is 1. The minimum absolute atomic E-state index is 0.0817. The number of hydrogen-bond acceptors (Lipinski definition) is 4. The summed E-state index contributed by atoms with van der Waals surface area (Å²) in [4.78, 5) is 14.4. The number of nitrogens with one attached hydrogen (secondary N) is 1. The Bertz CT molecular complexity index is 632. The molecule has 0 aliphatic rings. The Kier molecular flexibility index (Phi) is 4.37. The number of aryl methyl sites for hydroxylation is 1. The van der Waals surface area contributed by atoms with Gasteiger partial charge in [0.15, 0.2) is 0 Å². The Hall–Kier alpha value is -2.34. The van der Waals surface area contributed by atoms with Gasteiger partial charge in [-0.25, -0.2) is 4.39 Å². The molecule has 20 heavy (non-hydrogen) atoms. The van der Waals surface area contributed by atoms with Gasteiger partial charge in [0.2, 0.25) is 0 Å². The molecule has 0 spiro atoms. The highest BCUT2D eigenvalue weighted by atomic mass is 19.1.